The summed E-state index contributed by atoms with van der Waals surface area (Å²) < 4.78 is 5.05. The first-order valence-electron chi connectivity index (χ1n) is 5.61. The van der Waals surface area contributed by atoms with Crippen molar-refractivity contribution >= 4 is 5.91 Å². The highest BCUT2D eigenvalue weighted by molar-refractivity contribution is 5.77. The zero-order chi connectivity index (χ0) is 10.4. The molecule has 0 aromatic rings. The minimum Gasteiger partial charge on any atom is -0.372 e. The van der Waals surface area contributed by atoms with Crippen LogP contribution in [0.3, 0.4) is 0 Å². The summed E-state index contributed by atoms with van der Waals surface area (Å²) in [7, 11) is 0. The van der Waals surface area contributed by atoms with E-state index in [1.54, 1.807) is 0 Å². The van der Waals surface area contributed by atoms with Gasteiger partial charge in [-0.2, -0.15) is 0 Å². The molecule has 1 amide bonds. The molecule has 1 N–H and O–H groups in total. The van der Waals surface area contributed by atoms with E-state index in [-0.39, 0.29) is 12.5 Å². The number of carbonyl (C=O) groups is 1. The first-order valence-corrected chi connectivity index (χ1v) is 5.61. The molecule has 1 rings (SSSR count). The molecule has 1 aliphatic carbocycles. The first-order chi connectivity index (χ1) is 6.74. The summed E-state index contributed by atoms with van der Waals surface area (Å²) in [5.74, 6) is 0.701. The van der Waals surface area contributed by atoms with Crippen molar-refractivity contribution in [3.63, 3.8) is 0 Å². The maximum atomic E-state index is 11.3. The highest BCUT2D eigenvalue weighted by Gasteiger charge is 2.22. The van der Waals surface area contributed by atoms with Gasteiger partial charge in [0.1, 0.15) is 6.61 Å². The summed E-state index contributed by atoms with van der Waals surface area (Å²) in [6.45, 7) is 4.80. The third-order valence-corrected chi connectivity index (χ3v) is 2.93. The van der Waals surface area contributed by atoms with E-state index < -0.39 is 0 Å². The van der Waals surface area contributed by atoms with Crippen LogP contribution in [0.15, 0.2) is 0 Å². The van der Waals surface area contributed by atoms with E-state index in [2.05, 4.69) is 12.2 Å². The van der Waals surface area contributed by atoms with Crippen LogP contribution in [0.5, 0.6) is 0 Å². The molecule has 1 fully saturated rings. The van der Waals surface area contributed by atoms with E-state index in [0.717, 1.165) is 0 Å². The zero-order valence-corrected chi connectivity index (χ0v) is 9.21. The molecule has 82 valence electrons. The molecule has 0 aliphatic heterocycles. The summed E-state index contributed by atoms with van der Waals surface area (Å²) in [6.07, 6.45) is 5.15. The number of carbonyl (C=O) groups excluding carboxylic acids is 1. The van der Waals surface area contributed by atoms with Crippen molar-refractivity contribution in [1.82, 2.24) is 5.32 Å². The summed E-state index contributed by atoms with van der Waals surface area (Å²) in [5, 5.41) is 2.99. The second-order valence-electron chi connectivity index (χ2n) is 4.04. The summed E-state index contributed by atoms with van der Waals surface area (Å²) in [5.41, 5.74) is 0. The monoisotopic (exact) mass is 199 g/mol. The molecule has 0 spiro atoms. The Morgan fingerprint density at radius 2 is 2.14 bits per heavy atom. The number of hydrogen-bond acceptors (Lipinski definition) is 2. The smallest absolute Gasteiger partial charge is 0.246 e. The average Bonchev–Trinajstić information content (AvgIpc) is 2.67. The normalized spacial score (nSPS) is 19.6. The van der Waals surface area contributed by atoms with E-state index in [0.29, 0.717) is 18.6 Å². The quantitative estimate of drug-likeness (QED) is 0.732. The van der Waals surface area contributed by atoms with Gasteiger partial charge in [-0.05, 0) is 32.6 Å². The Morgan fingerprint density at radius 1 is 1.50 bits per heavy atom. The van der Waals surface area contributed by atoms with Crippen molar-refractivity contribution in [2.75, 3.05) is 13.2 Å². The van der Waals surface area contributed by atoms with Crippen LogP contribution in [0.1, 0.15) is 39.5 Å². The van der Waals surface area contributed by atoms with Gasteiger partial charge in [-0.1, -0.05) is 12.8 Å². The highest BCUT2D eigenvalue weighted by Crippen LogP contribution is 2.27. The van der Waals surface area contributed by atoms with Gasteiger partial charge in [0.25, 0.3) is 0 Å². The number of ether oxygens (including phenoxy) is 1. The SMILES string of the molecule is CCOCC(=O)N[C@H](C)C1CCCC1. The van der Waals surface area contributed by atoms with Crippen LogP contribution in [-0.2, 0) is 9.53 Å². The molecule has 0 saturated heterocycles. The molecule has 3 heteroatoms. The predicted molar refractivity (Wildman–Crippen MR) is 56.1 cm³/mol. The Labute approximate surface area is 86.2 Å². The second-order valence-corrected chi connectivity index (χ2v) is 4.04. The standard InChI is InChI=1S/C11H21NO2/c1-3-14-8-11(13)12-9(2)10-6-4-5-7-10/h9-10H,3-8H2,1-2H3,(H,12,13)/t9-/m1/s1. The number of nitrogens with one attached hydrogen (secondary N) is 1. The Balaban J connectivity index is 2.18. The Morgan fingerprint density at radius 3 is 2.71 bits per heavy atom. The molecule has 0 bridgehead atoms. The van der Waals surface area contributed by atoms with E-state index >= 15 is 0 Å². The largest absolute Gasteiger partial charge is 0.372 e. The first kappa shape index (κ1) is 11.5. The second kappa shape index (κ2) is 6.02. The number of rotatable bonds is 5. The molecule has 14 heavy (non-hydrogen) atoms. The maximum Gasteiger partial charge on any atom is 0.246 e. The minimum atomic E-state index is 0.0197. The van der Waals surface area contributed by atoms with Crippen molar-refractivity contribution in [3.8, 4) is 0 Å². The molecule has 0 aromatic heterocycles. The zero-order valence-electron chi connectivity index (χ0n) is 9.21. The molecule has 0 aromatic carbocycles. The van der Waals surface area contributed by atoms with Crippen LogP contribution in [0.25, 0.3) is 0 Å². The van der Waals surface area contributed by atoms with Crippen molar-refractivity contribution in [3.05, 3.63) is 0 Å². The third kappa shape index (κ3) is 3.66. The highest BCUT2D eigenvalue weighted by atomic mass is 16.5. The van der Waals surface area contributed by atoms with Gasteiger partial charge in [0.05, 0.1) is 0 Å². The molecule has 0 radical (unpaired) electrons. The van der Waals surface area contributed by atoms with Crippen molar-refractivity contribution in [2.45, 2.75) is 45.6 Å². The summed E-state index contributed by atoms with van der Waals surface area (Å²) >= 11 is 0. The Hall–Kier alpha value is -0.570. The molecular weight excluding hydrogens is 178 g/mol. The molecule has 1 atom stereocenters. The summed E-state index contributed by atoms with van der Waals surface area (Å²) in [4.78, 5) is 11.3. The van der Waals surface area contributed by atoms with Crippen molar-refractivity contribution in [1.29, 1.82) is 0 Å². The maximum absolute atomic E-state index is 11.3. The van der Waals surface area contributed by atoms with Gasteiger partial charge in [-0.3, -0.25) is 4.79 Å². The molecule has 0 heterocycles. The fraction of sp³-hybridized carbons (Fsp3) is 0.909. The molecule has 1 saturated carbocycles. The van der Waals surface area contributed by atoms with Crippen molar-refractivity contribution < 1.29 is 9.53 Å². The van der Waals surface area contributed by atoms with Crippen LogP contribution in [0, 0.1) is 5.92 Å². The Bertz CT molecular complexity index is 176. The fourth-order valence-corrected chi connectivity index (χ4v) is 2.07. The van der Waals surface area contributed by atoms with E-state index in [4.69, 9.17) is 4.74 Å². The fourth-order valence-electron chi connectivity index (χ4n) is 2.07. The lowest BCUT2D eigenvalue weighted by atomic mass is 10.00. The topological polar surface area (TPSA) is 38.3 Å². The number of amides is 1. The van der Waals surface area contributed by atoms with E-state index in [1.165, 1.54) is 25.7 Å². The van der Waals surface area contributed by atoms with Gasteiger partial charge >= 0.3 is 0 Å². The molecular formula is C11H21NO2. The van der Waals surface area contributed by atoms with Gasteiger partial charge in [-0.25, -0.2) is 0 Å². The lowest BCUT2D eigenvalue weighted by Crippen LogP contribution is -2.39. The lowest BCUT2D eigenvalue weighted by molar-refractivity contribution is -0.126. The number of hydrogen-bond donors (Lipinski definition) is 1. The van der Waals surface area contributed by atoms with Crippen LogP contribution in [-0.4, -0.2) is 25.2 Å². The van der Waals surface area contributed by atoms with Gasteiger partial charge in [0.2, 0.25) is 5.91 Å². The van der Waals surface area contributed by atoms with E-state index in [9.17, 15) is 4.79 Å². The van der Waals surface area contributed by atoms with Crippen LogP contribution < -0.4 is 5.32 Å². The van der Waals surface area contributed by atoms with Crippen molar-refractivity contribution in [2.24, 2.45) is 5.92 Å². The predicted octanol–water partition coefficient (Wildman–Crippen LogP) is 1.72. The summed E-state index contributed by atoms with van der Waals surface area (Å²) in [6, 6.07) is 0.311. The van der Waals surface area contributed by atoms with Gasteiger partial charge in [-0.15, -0.1) is 0 Å². The third-order valence-electron chi connectivity index (χ3n) is 2.93. The Kier molecular flexibility index (Phi) is 4.94. The van der Waals surface area contributed by atoms with Crippen LogP contribution in [0.4, 0.5) is 0 Å². The van der Waals surface area contributed by atoms with E-state index in [1.807, 2.05) is 6.92 Å². The van der Waals surface area contributed by atoms with Crippen LogP contribution >= 0.6 is 0 Å². The average molecular weight is 199 g/mol. The van der Waals surface area contributed by atoms with Gasteiger partial charge in [0.15, 0.2) is 0 Å². The van der Waals surface area contributed by atoms with Gasteiger partial charge < -0.3 is 10.1 Å². The molecule has 0 unspecified atom stereocenters. The molecule has 1 aliphatic rings. The van der Waals surface area contributed by atoms with Crippen LogP contribution in [0.2, 0.25) is 0 Å². The minimum absolute atomic E-state index is 0.0197. The molecule has 3 nitrogen and oxygen atoms in total. The van der Waals surface area contributed by atoms with Gasteiger partial charge in [0, 0.05) is 12.6 Å². The lowest BCUT2D eigenvalue weighted by Gasteiger charge is -2.20.